The van der Waals surface area contributed by atoms with Crippen LogP contribution in [0, 0.1) is 5.92 Å². The van der Waals surface area contributed by atoms with E-state index in [1.165, 1.54) is 0 Å². The summed E-state index contributed by atoms with van der Waals surface area (Å²) in [5.74, 6) is 1.08. The van der Waals surface area contributed by atoms with E-state index in [1.807, 2.05) is 24.3 Å². The molecule has 1 heterocycles. The van der Waals surface area contributed by atoms with Gasteiger partial charge in [0.1, 0.15) is 5.75 Å². The number of likely N-dealkylation sites (N-methyl/N-ethyl adjacent to an activating group) is 1. The second-order valence-corrected chi connectivity index (χ2v) is 6.38. The number of benzene rings is 1. The largest absolute Gasteiger partial charge is 0.495 e. The van der Waals surface area contributed by atoms with E-state index in [2.05, 4.69) is 34.3 Å². The molecule has 1 unspecified atom stereocenters. The molecular weight excluding hydrogens is 304 g/mol. The molecule has 0 radical (unpaired) electrons. The van der Waals surface area contributed by atoms with Crippen LogP contribution in [0.2, 0.25) is 0 Å². The molecule has 2 rings (SSSR count). The Morgan fingerprint density at radius 3 is 2.54 bits per heavy atom. The number of para-hydroxylation sites is 2. The molecule has 1 aromatic carbocycles. The molecule has 1 aliphatic heterocycles. The summed E-state index contributed by atoms with van der Waals surface area (Å²) in [6.45, 7) is 11.7. The summed E-state index contributed by atoms with van der Waals surface area (Å²) in [4.78, 5) is 17.0. The van der Waals surface area contributed by atoms with E-state index in [1.54, 1.807) is 7.11 Å². The van der Waals surface area contributed by atoms with Crippen molar-refractivity contribution in [3.05, 3.63) is 24.3 Å². The average Bonchev–Trinajstić information content (AvgIpc) is 2.61. The van der Waals surface area contributed by atoms with Crippen molar-refractivity contribution in [3.8, 4) is 5.75 Å². The Bertz CT molecular complexity index is 515. The van der Waals surface area contributed by atoms with Gasteiger partial charge in [-0.3, -0.25) is 0 Å². The molecule has 6 nitrogen and oxygen atoms in total. The van der Waals surface area contributed by atoms with Crippen molar-refractivity contribution in [2.24, 2.45) is 5.92 Å². The van der Waals surface area contributed by atoms with Gasteiger partial charge in [-0.05, 0) is 24.6 Å². The van der Waals surface area contributed by atoms with Gasteiger partial charge in [0.2, 0.25) is 0 Å². The van der Waals surface area contributed by atoms with Crippen molar-refractivity contribution in [2.45, 2.75) is 13.8 Å². The van der Waals surface area contributed by atoms with Crippen LogP contribution >= 0.6 is 0 Å². The summed E-state index contributed by atoms with van der Waals surface area (Å²) in [6, 6.07) is 7.21. The Morgan fingerprint density at radius 2 is 1.88 bits per heavy atom. The van der Waals surface area contributed by atoms with Crippen LogP contribution in [-0.2, 0) is 0 Å². The third kappa shape index (κ3) is 5.69. The van der Waals surface area contributed by atoms with Crippen molar-refractivity contribution < 1.29 is 9.53 Å². The molecule has 2 N–H and O–H groups in total. The van der Waals surface area contributed by atoms with Gasteiger partial charge < -0.3 is 25.2 Å². The molecule has 0 spiro atoms. The molecule has 1 fully saturated rings. The monoisotopic (exact) mass is 334 g/mol. The first-order valence-corrected chi connectivity index (χ1v) is 8.75. The second kappa shape index (κ2) is 9.49. The minimum absolute atomic E-state index is 0.192. The van der Waals surface area contributed by atoms with Crippen LogP contribution in [0.25, 0.3) is 0 Å². The van der Waals surface area contributed by atoms with E-state index in [0.29, 0.717) is 23.9 Å². The fourth-order valence-electron chi connectivity index (χ4n) is 2.97. The smallest absolute Gasteiger partial charge is 0.319 e. The summed E-state index contributed by atoms with van der Waals surface area (Å²) in [7, 11) is 1.60. The second-order valence-electron chi connectivity index (χ2n) is 6.38. The van der Waals surface area contributed by atoms with Crippen LogP contribution in [0.3, 0.4) is 0 Å². The Hall–Kier alpha value is -1.79. The molecular formula is C18H30N4O2. The zero-order valence-corrected chi connectivity index (χ0v) is 15.0. The van der Waals surface area contributed by atoms with E-state index in [0.717, 1.165) is 39.3 Å². The van der Waals surface area contributed by atoms with Gasteiger partial charge in [0.05, 0.1) is 12.8 Å². The van der Waals surface area contributed by atoms with Gasteiger partial charge in [-0.2, -0.15) is 0 Å². The van der Waals surface area contributed by atoms with Crippen LogP contribution in [-0.4, -0.2) is 68.8 Å². The zero-order chi connectivity index (χ0) is 17.4. The Morgan fingerprint density at radius 1 is 1.21 bits per heavy atom. The number of ether oxygens (including phenoxy) is 1. The van der Waals surface area contributed by atoms with E-state index < -0.39 is 0 Å². The van der Waals surface area contributed by atoms with Gasteiger partial charge >= 0.3 is 6.03 Å². The van der Waals surface area contributed by atoms with E-state index in [-0.39, 0.29) is 6.03 Å². The summed E-state index contributed by atoms with van der Waals surface area (Å²) in [5, 5.41) is 5.79. The number of amides is 2. The number of carbonyl (C=O) groups excluding carboxylic acids is 1. The van der Waals surface area contributed by atoms with Gasteiger partial charge in [0.25, 0.3) is 0 Å². The molecule has 1 aliphatic rings. The highest BCUT2D eigenvalue weighted by molar-refractivity contribution is 5.90. The lowest BCUT2D eigenvalue weighted by Crippen LogP contribution is -2.48. The van der Waals surface area contributed by atoms with E-state index in [9.17, 15) is 4.79 Å². The maximum Gasteiger partial charge on any atom is 0.319 e. The molecule has 1 saturated heterocycles. The molecule has 0 saturated carbocycles. The first kappa shape index (κ1) is 18.5. The third-order valence-electron chi connectivity index (χ3n) is 4.45. The number of rotatable bonds is 7. The van der Waals surface area contributed by atoms with Crippen LogP contribution in [0.1, 0.15) is 13.8 Å². The number of anilines is 1. The SMILES string of the molecule is CCN1CCN(CC(C)CNC(=O)Nc2ccccc2OC)CC1. The van der Waals surface area contributed by atoms with Crippen molar-refractivity contribution in [2.75, 3.05) is 58.2 Å². The van der Waals surface area contributed by atoms with E-state index in [4.69, 9.17) is 4.74 Å². The predicted molar refractivity (Wildman–Crippen MR) is 97.7 cm³/mol. The topological polar surface area (TPSA) is 56.8 Å². The minimum atomic E-state index is -0.192. The molecule has 0 bridgehead atoms. The van der Waals surface area contributed by atoms with Gasteiger partial charge in [-0.15, -0.1) is 0 Å². The Balaban J connectivity index is 1.69. The number of piperazine rings is 1. The van der Waals surface area contributed by atoms with Crippen molar-refractivity contribution in [1.82, 2.24) is 15.1 Å². The van der Waals surface area contributed by atoms with Crippen molar-refractivity contribution in [1.29, 1.82) is 0 Å². The minimum Gasteiger partial charge on any atom is -0.495 e. The first-order valence-electron chi connectivity index (χ1n) is 8.75. The number of methoxy groups -OCH3 is 1. The normalized spacial score (nSPS) is 17.3. The quantitative estimate of drug-likeness (QED) is 0.802. The highest BCUT2D eigenvalue weighted by Gasteiger charge is 2.17. The first-order chi connectivity index (χ1) is 11.6. The van der Waals surface area contributed by atoms with Gasteiger partial charge in [-0.25, -0.2) is 4.79 Å². The third-order valence-corrected chi connectivity index (χ3v) is 4.45. The zero-order valence-electron chi connectivity index (χ0n) is 15.0. The molecule has 2 amide bonds. The maximum absolute atomic E-state index is 12.1. The lowest BCUT2D eigenvalue weighted by atomic mass is 10.1. The molecule has 1 aromatic rings. The number of hydrogen-bond donors (Lipinski definition) is 2. The van der Waals surface area contributed by atoms with Gasteiger partial charge in [-0.1, -0.05) is 26.0 Å². The summed E-state index contributed by atoms with van der Waals surface area (Å²) >= 11 is 0. The molecule has 24 heavy (non-hydrogen) atoms. The van der Waals surface area contributed by atoms with Gasteiger partial charge in [0, 0.05) is 39.3 Å². The summed E-state index contributed by atoms with van der Waals surface area (Å²) in [6.07, 6.45) is 0. The number of nitrogens with one attached hydrogen (secondary N) is 2. The van der Waals surface area contributed by atoms with Crippen LogP contribution in [0.15, 0.2) is 24.3 Å². The fraction of sp³-hybridized carbons (Fsp3) is 0.611. The molecule has 1 atom stereocenters. The predicted octanol–water partition coefficient (Wildman–Crippen LogP) is 2.09. The highest BCUT2D eigenvalue weighted by atomic mass is 16.5. The molecule has 0 aromatic heterocycles. The van der Waals surface area contributed by atoms with Gasteiger partial charge in [0.15, 0.2) is 0 Å². The van der Waals surface area contributed by atoms with Crippen LogP contribution < -0.4 is 15.4 Å². The lowest BCUT2D eigenvalue weighted by Gasteiger charge is -2.35. The Kier molecular flexibility index (Phi) is 7.34. The van der Waals surface area contributed by atoms with Crippen molar-refractivity contribution in [3.63, 3.8) is 0 Å². The van der Waals surface area contributed by atoms with Crippen LogP contribution in [0.5, 0.6) is 5.75 Å². The molecule has 134 valence electrons. The fourth-order valence-corrected chi connectivity index (χ4v) is 2.97. The van der Waals surface area contributed by atoms with Crippen LogP contribution in [0.4, 0.5) is 10.5 Å². The van der Waals surface area contributed by atoms with Crippen molar-refractivity contribution >= 4 is 11.7 Å². The average molecular weight is 334 g/mol. The highest BCUT2D eigenvalue weighted by Crippen LogP contribution is 2.22. The summed E-state index contributed by atoms with van der Waals surface area (Å²) < 4.78 is 5.24. The Labute approximate surface area is 145 Å². The molecule has 6 heteroatoms. The number of urea groups is 1. The number of carbonyl (C=O) groups is 1. The summed E-state index contributed by atoms with van der Waals surface area (Å²) in [5.41, 5.74) is 0.681. The standard InChI is InChI=1S/C18H30N4O2/c1-4-21-9-11-22(12-10-21)14-15(2)13-19-18(23)20-16-7-5-6-8-17(16)24-3/h5-8,15H,4,9-14H2,1-3H3,(H2,19,20,23). The number of nitrogens with zero attached hydrogens (tertiary/aromatic N) is 2. The lowest BCUT2D eigenvalue weighted by molar-refractivity contribution is 0.124. The molecule has 0 aliphatic carbocycles. The number of hydrogen-bond acceptors (Lipinski definition) is 4. The van der Waals surface area contributed by atoms with E-state index >= 15 is 0 Å². The maximum atomic E-state index is 12.1.